The maximum atomic E-state index is 12.6. The summed E-state index contributed by atoms with van der Waals surface area (Å²) in [6.45, 7) is 2.03. The molecule has 124 valence electrons. The van der Waals surface area contributed by atoms with Crippen LogP contribution >= 0.6 is 0 Å². The van der Waals surface area contributed by atoms with Crippen molar-refractivity contribution in [3.8, 4) is 11.3 Å². The van der Waals surface area contributed by atoms with Crippen LogP contribution in [0.5, 0.6) is 0 Å². The second-order valence-corrected chi connectivity index (χ2v) is 6.49. The minimum Gasteiger partial charge on any atom is -0.326 e. The maximum absolute atomic E-state index is 12.6. The Morgan fingerprint density at radius 3 is 2.68 bits per heavy atom. The first-order chi connectivity index (χ1) is 12.2. The molecule has 1 aliphatic carbocycles. The fourth-order valence-electron chi connectivity index (χ4n) is 3.21. The van der Waals surface area contributed by atoms with Crippen LogP contribution in [0.25, 0.3) is 11.3 Å². The lowest BCUT2D eigenvalue weighted by atomic mass is 10.0. The molecule has 0 radical (unpaired) electrons. The van der Waals surface area contributed by atoms with E-state index in [4.69, 9.17) is 0 Å². The van der Waals surface area contributed by atoms with Crippen LogP contribution in [0, 0.1) is 12.8 Å². The van der Waals surface area contributed by atoms with Crippen molar-refractivity contribution in [1.82, 2.24) is 10.2 Å². The van der Waals surface area contributed by atoms with Gasteiger partial charge in [0.2, 0.25) is 5.91 Å². The number of hydrogen-bond donors (Lipinski definition) is 1. The van der Waals surface area contributed by atoms with E-state index in [2.05, 4.69) is 27.6 Å². The standard InChI is InChI=1S/C21H19N3O/c1-14-9-10-16(12-17(14)20-8-5-11-22-24-20)23-21(25)19-13-18(19)15-6-3-2-4-7-15/h2-12,18-19H,13H2,1H3,(H,23,25)/t18-,19+/m1/s1. The average molecular weight is 329 g/mol. The number of anilines is 1. The smallest absolute Gasteiger partial charge is 0.228 e. The van der Waals surface area contributed by atoms with E-state index in [0.717, 1.165) is 28.9 Å². The molecule has 0 aliphatic heterocycles. The highest BCUT2D eigenvalue weighted by Gasteiger charge is 2.43. The molecule has 1 N–H and O–H groups in total. The second-order valence-electron chi connectivity index (χ2n) is 6.49. The first-order valence-electron chi connectivity index (χ1n) is 8.47. The van der Waals surface area contributed by atoms with E-state index >= 15 is 0 Å². The Bertz CT molecular complexity index is 894. The van der Waals surface area contributed by atoms with Gasteiger partial charge in [-0.25, -0.2) is 0 Å². The predicted octanol–water partition coefficient (Wildman–Crippen LogP) is 4.19. The van der Waals surface area contributed by atoms with Gasteiger partial charge in [0.05, 0.1) is 5.69 Å². The number of benzene rings is 2. The van der Waals surface area contributed by atoms with Gasteiger partial charge in [-0.2, -0.15) is 10.2 Å². The van der Waals surface area contributed by atoms with Crippen molar-refractivity contribution in [2.24, 2.45) is 5.92 Å². The number of nitrogens with zero attached hydrogens (tertiary/aromatic N) is 2. The zero-order chi connectivity index (χ0) is 17.2. The molecule has 0 unspecified atom stereocenters. The molecule has 1 amide bonds. The Morgan fingerprint density at radius 2 is 1.92 bits per heavy atom. The van der Waals surface area contributed by atoms with Crippen molar-refractivity contribution in [3.05, 3.63) is 78.0 Å². The molecular weight excluding hydrogens is 310 g/mol. The van der Waals surface area contributed by atoms with Crippen LogP contribution in [-0.2, 0) is 4.79 Å². The Hall–Kier alpha value is -3.01. The molecule has 4 heteroatoms. The van der Waals surface area contributed by atoms with Gasteiger partial charge in [0.1, 0.15) is 0 Å². The van der Waals surface area contributed by atoms with Crippen LogP contribution in [0.3, 0.4) is 0 Å². The van der Waals surface area contributed by atoms with Gasteiger partial charge in [0.25, 0.3) is 0 Å². The van der Waals surface area contributed by atoms with Crippen LogP contribution < -0.4 is 5.32 Å². The van der Waals surface area contributed by atoms with Crippen molar-refractivity contribution in [2.45, 2.75) is 19.3 Å². The van der Waals surface area contributed by atoms with Gasteiger partial charge in [-0.05, 0) is 54.7 Å². The van der Waals surface area contributed by atoms with E-state index < -0.39 is 0 Å². The fraction of sp³-hybridized carbons (Fsp3) is 0.190. The molecule has 1 aliphatic rings. The number of carbonyl (C=O) groups excluding carboxylic acids is 1. The molecule has 2 atom stereocenters. The largest absolute Gasteiger partial charge is 0.326 e. The zero-order valence-electron chi connectivity index (χ0n) is 14.0. The number of rotatable bonds is 4. The normalized spacial score (nSPS) is 18.6. The highest BCUT2D eigenvalue weighted by atomic mass is 16.2. The first kappa shape index (κ1) is 15.5. The van der Waals surface area contributed by atoms with E-state index in [1.807, 2.05) is 55.5 Å². The van der Waals surface area contributed by atoms with E-state index in [-0.39, 0.29) is 11.8 Å². The topological polar surface area (TPSA) is 54.9 Å². The molecule has 0 saturated heterocycles. The van der Waals surface area contributed by atoms with Gasteiger partial charge in [0, 0.05) is 23.4 Å². The first-order valence-corrected chi connectivity index (χ1v) is 8.47. The van der Waals surface area contributed by atoms with Crippen LogP contribution in [-0.4, -0.2) is 16.1 Å². The molecule has 4 rings (SSSR count). The van der Waals surface area contributed by atoms with Gasteiger partial charge in [-0.1, -0.05) is 36.4 Å². The lowest BCUT2D eigenvalue weighted by Crippen LogP contribution is -2.14. The minimum absolute atomic E-state index is 0.0590. The molecule has 1 saturated carbocycles. The third kappa shape index (κ3) is 3.29. The van der Waals surface area contributed by atoms with E-state index in [9.17, 15) is 4.79 Å². The van der Waals surface area contributed by atoms with E-state index in [0.29, 0.717) is 5.92 Å². The Balaban J connectivity index is 1.49. The van der Waals surface area contributed by atoms with Crippen LogP contribution in [0.15, 0.2) is 66.9 Å². The van der Waals surface area contributed by atoms with E-state index in [1.54, 1.807) is 6.20 Å². The Kier molecular flexibility index (Phi) is 4.02. The van der Waals surface area contributed by atoms with Crippen LogP contribution in [0.1, 0.15) is 23.5 Å². The molecule has 4 nitrogen and oxygen atoms in total. The summed E-state index contributed by atoms with van der Waals surface area (Å²) in [4.78, 5) is 12.6. The molecule has 1 fully saturated rings. The molecule has 1 aromatic heterocycles. The third-order valence-corrected chi connectivity index (χ3v) is 4.71. The average Bonchev–Trinajstić information content (AvgIpc) is 3.46. The van der Waals surface area contributed by atoms with Gasteiger partial charge in [-0.15, -0.1) is 0 Å². The summed E-state index contributed by atoms with van der Waals surface area (Å²) in [5, 5.41) is 11.2. The summed E-state index contributed by atoms with van der Waals surface area (Å²) in [5.41, 5.74) is 4.94. The third-order valence-electron chi connectivity index (χ3n) is 4.71. The molecule has 2 aromatic carbocycles. The van der Waals surface area contributed by atoms with Crippen LogP contribution in [0.2, 0.25) is 0 Å². The van der Waals surface area contributed by atoms with Gasteiger partial charge < -0.3 is 5.32 Å². The lowest BCUT2D eigenvalue weighted by molar-refractivity contribution is -0.117. The van der Waals surface area contributed by atoms with Gasteiger partial charge >= 0.3 is 0 Å². The monoisotopic (exact) mass is 329 g/mol. The van der Waals surface area contributed by atoms with Crippen molar-refractivity contribution in [2.75, 3.05) is 5.32 Å². The van der Waals surface area contributed by atoms with E-state index in [1.165, 1.54) is 5.56 Å². The fourth-order valence-corrected chi connectivity index (χ4v) is 3.21. The highest BCUT2D eigenvalue weighted by molar-refractivity contribution is 5.95. The number of amides is 1. The second kappa shape index (κ2) is 6.48. The number of carbonyl (C=O) groups is 1. The van der Waals surface area contributed by atoms with Crippen molar-refractivity contribution >= 4 is 11.6 Å². The molecule has 0 bridgehead atoms. The molecular formula is C21H19N3O. The molecule has 1 heterocycles. The Labute approximate surface area is 146 Å². The van der Waals surface area contributed by atoms with Crippen molar-refractivity contribution < 1.29 is 4.79 Å². The number of hydrogen-bond acceptors (Lipinski definition) is 3. The predicted molar refractivity (Wildman–Crippen MR) is 98.1 cm³/mol. The summed E-state index contributed by atoms with van der Waals surface area (Å²) in [7, 11) is 0. The number of nitrogens with one attached hydrogen (secondary N) is 1. The maximum Gasteiger partial charge on any atom is 0.228 e. The van der Waals surface area contributed by atoms with Gasteiger partial charge in [0.15, 0.2) is 0 Å². The lowest BCUT2D eigenvalue weighted by Gasteiger charge is -2.10. The SMILES string of the molecule is Cc1ccc(NC(=O)[C@H]2C[C@@H]2c2ccccc2)cc1-c1cccnn1. The van der Waals surface area contributed by atoms with Crippen molar-refractivity contribution in [3.63, 3.8) is 0 Å². The summed E-state index contributed by atoms with van der Waals surface area (Å²) in [5.74, 6) is 0.484. The summed E-state index contributed by atoms with van der Waals surface area (Å²) < 4.78 is 0. The minimum atomic E-state index is 0.0590. The summed E-state index contributed by atoms with van der Waals surface area (Å²) in [6.07, 6.45) is 2.57. The van der Waals surface area contributed by atoms with Crippen LogP contribution in [0.4, 0.5) is 5.69 Å². The molecule has 0 spiro atoms. The Morgan fingerprint density at radius 1 is 1.08 bits per heavy atom. The highest BCUT2D eigenvalue weighted by Crippen LogP contribution is 2.47. The number of aryl methyl sites for hydroxylation is 1. The summed E-state index contributed by atoms with van der Waals surface area (Å²) in [6, 6.07) is 19.9. The zero-order valence-corrected chi connectivity index (χ0v) is 14.0. The van der Waals surface area contributed by atoms with Crippen molar-refractivity contribution in [1.29, 1.82) is 0 Å². The quantitative estimate of drug-likeness (QED) is 0.780. The van der Waals surface area contributed by atoms with Gasteiger partial charge in [-0.3, -0.25) is 4.79 Å². The number of aromatic nitrogens is 2. The summed E-state index contributed by atoms with van der Waals surface area (Å²) >= 11 is 0. The molecule has 3 aromatic rings. The molecule has 25 heavy (non-hydrogen) atoms.